The predicted octanol–water partition coefficient (Wildman–Crippen LogP) is 3.95. The molecule has 31 heavy (non-hydrogen) atoms. The van der Waals surface area contributed by atoms with E-state index in [1.165, 1.54) is 6.07 Å². The maximum atomic E-state index is 13.1. The molecule has 0 aromatic heterocycles. The van der Waals surface area contributed by atoms with Crippen molar-refractivity contribution in [2.45, 2.75) is 6.04 Å². The summed E-state index contributed by atoms with van der Waals surface area (Å²) in [6, 6.07) is 23.6. The van der Waals surface area contributed by atoms with Gasteiger partial charge in [-0.25, -0.2) is 0 Å². The largest absolute Gasteiger partial charge is 0.378 e. The number of nitrogens with one attached hydrogen (secondary N) is 1. The molecule has 0 radical (unpaired) electrons. The molecule has 1 heterocycles. The van der Waals surface area contributed by atoms with Gasteiger partial charge in [0.1, 0.15) is 5.69 Å². The molecule has 1 N–H and O–H groups in total. The monoisotopic (exact) mass is 417 g/mol. The minimum absolute atomic E-state index is 0.0782. The number of amides is 1. The number of nitrogens with zero attached hydrogens (tertiary/aromatic N) is 2. The van der Waals surface area contributed by atoms with E-state index in [0.717, 1.165) is 11.1 Å². The van der Waals surface area contributed by atoms with Gasteiger partial charge in [-0.3, -0.25) is 14.9 Å². The SMILES string of the molecule is O=C(NC(c1ccccc1)c1ccccc1)c1ccc(N2CCOCC2)c([N+](=O)[O-])c1. The highest BCUT2D eigenvalue weighted by Gasteiger charge is 2.24. The van der Waals surface area contributed by atoms with E-state index >= 15 is 0 Å². The van der Waals surface area contributed by atoms with Crippen LogP contribution < -0.4 is 10.2 Å². The van der Waals surface area contributed by atoms with Gasteiger partial charge in [0.25, 0.3) is 11.6 Å². The summed E-state index contributed by atoms with van der Waals surface area (Å²) in [5.41, 5.74) is 2.54. The average molecular weight is 417 g/mol. The van der Waals surface area contributed by atoms with Crippen LogP contribution in [-0.2, 0) is 4.74 Å². The Hall–Kier alpha value is -3.71. The number of hydrogen-bond donors (Lipinski definition) is 1. The van der Waals surface area contributed by atoms with Crippen molar-refractivity contribution in [1.29, 1.82) is 0 Å². The first-order valence-electron chi connectivity index (χ1n) is 10.2. The fraction of sp³-hybridized carbons (Fsp3) is 0.208. The van der Waals surface area contributed by atoms with Crippen LogP contribution in [-0.4, -0.2) is 37.1 Å². The molecule has 7 heteroatoms. The first-order chi connectivity index (χ1) is 15.1. The van der Waals surface area contributed by atoms with Gasteiger partial charge in [0.05, 0.1) is 24.2 Å². The number of carbonyl (C=O) groups is 1. The Bertz CT molecular complexity index is 1010. The molecule has 7 nitrogen and oxygen atoms in total. The molecule has 1 aliphatic heterocycles. The Morgan fingerprint density at radius 1 is 0.935 bits per heavy atom. The highest BCUT2D eigenvalue weighted by molar-refractivity contribution is 5.96. The first kappa shape index (κ1) is 20.6. The lowest BCUT2D eigenvalue weighted by Gasteiger charge is -2.28. The van der Waals surface area contributed by atoms with Crippen molar-refractivity contribution in [2.75, 3.05) is 31.2 Å². The molecule has 0 atom stereocenters. The number of morpholine rings is 1. The van der Waals surface area contributed by atoms with Crippen LogP contribution in [0, 0.1) is 10.1 Å². The topological polar surface area (TPSA) is 84.7 Å². The zero-order valence-electron chi connectivity index (χ0n) is 16.9. The van der Waals surface area contributed by atoms with Crippen molar-refractivity contribution in [3.63, 3.8) is 0 Å². The maximum absolute atomic E-state index is 13.1. The lowest BCUT2D eigenvalue weighted by molar-refractivity contribution is -0.384. The van der Waals surface area contributed by atoms with Crippen LogP contribution in [0.25, 0.3) is 0 Å². The number of hydrogen-bond acceptors (Lipinski definition) is 5. The third-order valence-corrected chi connectivity index (χ3v) is 5.33. The van der Waals surface area contributed by atoms with Crippen molar-refractivity contribution in [3.05, 3.63) is 106 Å². The highest BCUT2D eigenvalue weighted by Crippen LogP contribution is 2.30. The fourth-order valence-corrected chi connectivity index (χ4v) is 3.75. The Kier molecular flexibility index (Phi) is 6.24. The molecule has 0 spiro atoms. The summed E-state index contributed by atoms with van der Waals surface area (Å²) in [4.78, 5) is 26.3. The number of ether oxygens (including phenoxy) is 1. The minimum atomic E-state index is -0.437. The van der Waals surface area contributed by atoms with Gasteiger partial charge in [-0.1, -0.05) is 60.7 Å². The van der Waals surface area contributed by atoms with Crippen LogP contribution in [0.15, 0.2) is 78.9 Å². The molecule has 0 saturated carbocycles. The maximum Gasteiger partial charge on any atom is 0.293 e. The van der Waals surface area contributed by atoms with Crippen LogP contribution in [0.5, 0.6) is 0 Å². The van der Waals surface area contributed by atoms with Gasteiger partial charge in [-0.2, -0.15) is 0 Å². The Morgan fingerprint density at radius 3 is 2.06 bits per heavy atom. The molecule has 158 valence electrons. The van der Waals surface area contributed by atoms with E-state index in [1.807, 2.05) is 65.6 Å². The Balaban J connectivity index is 1.63. The summed E-state index contributed by atoms with van der Waals surface area (Å²) < 4.78 is 5.34. The van der Waals surface area contributed by atoms with Crippen molar-refractivity contribution >= 4 is 17.3 Å². The highest BCUT2D eigenvalue weighted by atomic mass is 16.6. The number of rotatable bonds is 6. The van der Waals surface area contributed by atoms with E-state index in [0.29, 0.717) is 32.0 Å². The fourth-order valence-electron chi connectivity index (χ4n) is 3.75. The second-order valence-corrected chi connectivity index (χ2v) is 7.29. The van der Waals surface area contributed by atoms with E-state index in [2.05, 4.69) is 5.32 Å². The van der Waals surface area contributed by atoms with E-state index < -0.39 is 4.92 Å². The molecule has 1 amide bonds. The van der Waals surface area contributed by atoms with E-state index in [9.17, 15) is 14.9 Å². The molecule has 0 aliphatic carbocycles. The quantitative estimate of drug-likeness (QED) is 0.485. The second-order valence-electron chi connectivity index (χ2n) is 7.29. The van der Waals surface area contributed by atoms with Crippen LogP contribution >= 0.6 is 0 Å². The Labute approximate surface area is 180 Å². The van der Waals surface area contributed by atoms with Crippen molar-refractivity contribution in [3.8, 4) is 0 Å². The lowest BCUT2D eigenvalue weighted by Crippen LogP contribution is -2.36. The first-order valence-corrected chi connectivity index (χ1v) is 10.2. The molecule has 3 aromatic rings. The second kappa shape index (κ2) is 9.40. The molecule has 0 bridgehead atoms. The molecular formula is C24H23N3O4. The Morgan fingerprint density at radius 2 is 1.52 bits per heavy atom. The third-order valence-electron chi connectivity index (χ3n) is 5.33. The third kappa shape index (κ3) is 4.73. The summed E-state index contributed by atoms with van der Waals surface area (Å²) in [6.45, 7) is 2.21. The smallest absolute Gasteiger partial charge is 0.293 e. The summed E-state index contributed by atoms with van der Waals surface area (Å²) in [5.74, 6) is -0.366. The van der Waals surface area contributed by atoms with Gasteiger partial charge in [0.2, 0.25) is 0 Å². The van der Waals surface area contributed by atoms with E-state index in [1.54, 1.807) is 12.1 Å². The zero-order chi connectivity index (χ0) is 21.6. The zero-order valence-corrected chi connectivity index (χ0v) is 16.9. The van der Waals surface area contributed by atoms with Crippen molar-refractivity contribution in [2.24, 2.45) is 0 Å². The predicted molar refractivity (Wildman–Crippen MR) is 118 cm³/mol. The van der Waals surface area contributed by atoms with Gasteiger partial charge >= 0.3 is 0 Å². The summed E-state index contributed by atoms with van der Waals surface area (Å²) in [5, 5.41) is 14.8. The average Bonchev–Trinajstić information content (AvgIpc) is 2.83. The molecule has 1 aliphatic rings. The number of benzene rings is 3. The van der Waals surface area contributed by atoms with Crippen molar-refractivity contribution < 1.29 is 14.5 Å². The van der Waals surface area contributed by atoms with Crippen LogP contribution in [0.4, 0.5) is 11.4 Å². The molecule has 1 fully saturated rings. The molecule has 3 aromatic carbocycles. The van der Waals surface area contributed by atoms with E-state index in [-0.39, 0.29) is 23.2 Å². The molecular weight excluding hydrogens is 394 g/mol. The van der Waals surface area contributed by atoms with Crippen LogP contribution in [0.3, 0.4) is 0 Å². The van der Waals surface area contributed by atoms with Gasteiger partial charge in [0.15, 0.2) is 0 Å². The number of carbonyl (C=O) groups excluding carboxylic acids is 1. The normalized spacial score (nSPS) is 13.8. The lowest BCUT2D eigenvalue weighted by atomic mass is 9.98. The standard InChI is InChI=1S/C24H23N3O4/c28-24(25-23(18-7-3-1-4-8-18)19-9-5-2-6-10-19)20-11-12-21(22(17-20)27(29)30)26-13-15-31-16-14-26/h1-12,17,23H,13-16H2,(H,25,28). The van der Waals surface area contributed by atoms with Crippen molar-refractivity contribution in [1.82, 2.24) is 5.32 Å². The van der Waals surface area contributed by atoms with Crippen LogP contribution in [0.1, 0.15) is 27.5 Å². The van der Waals surface area contributed by atoms with Crippen LogP contribution in [0.2, 0.25) is 0 Å². The van der Waals surface area contributed by atoms with Gasteiger partial charge < -0.3 is 15.0 Å². The summed E-state index contributed by atoms with van der Waals surface area (Å²) in [6.07, 6.45) is 0. The summed E-state index contributed by atoms with van der Waals surface area (Å²) in [7, 11) is 0. The number of anilines is 1. The van der Waals surface area contributed by atoms with Gasteiger partial charge in [-0.05, 0) is 23.3 Å². The van der Waals surface area contributed by atoms with E-state index in [4.69, 9.17) is 4.74 Å². The van der Waals surface area contributed by atoms with Gasteiger partial charge in [-0.15, -0.1) is 0 Å². The molecule has 4 rings (SSSR count). The number of nitro benzene ring substituents is 1. The van der Waals surface area contributed by atoms with Gasteiger partial charge in [0, 0.05) is 24.7 Å². The minimum Gasteiger partial charge on any atom is -0.378 e. The molecule has 1 saturated heterocycles. The summed E-state index contributed by atoms with van der Waals surface area (Å²) >= 11 is 0. The number of nitro groups is 1. The molecule has 0 unspecified atom stereocenters.